The molecule has 94 valence electrons. The van der Waals surface area contributed by atoms with Crippen molar-refractivity contribution in [2.45, 2.75) is 19.3 Å². The molecule has 18 heavy (non-hydrogen) atoms. The van der Waals surface area contributed by atoms with Crippen LogP contribution in [0.25, 0.3) is 0 Å². The topological polar surface area (TPSA) is 12.9 Å². The van der Waals surface area contributed by atoms with Crippen LogP contribution < -0.4 is 0 Å². The Balaban J connectivity index is 2.13. The minimum atomic E-state index is -0.852. The van der Waals surface area contributed by atoms with E-state index in [0.29, 0.717) is 12.0 Å². The number of benzene rings is 1. The molecule has 2 aromatic rings. The highest BCUT2D eigenvalue weighted by atomic mass is 19.2. The van der Waals surface area contributed by atoms with Gasteiger partial charge < -0.3 is 0 Å². The second kappa shape index (κ2) is 5.21. The molecule has 0 radical (unpaired) electrons. The van der Waals surface area contributed by atoms with Gasteiger partial charge in [0.2, 0.25) is 5.95 Å². The molecular formula is C14H12F3N. The zero-order chi connectivity index (χ0) is 13.1. The monoisotopic (exact) mass is 251 g/mol. The molecule has 4 heteroatoms. The van der Waals surface area contributed by atoms with Crippen molar-refractivity contribution in [2.24, 2.45) is 0 Å². The summed E-state index contributed by atoms with van der Waals surface area (Å²) in [4.78, 5) is 3.56. The summed E-state index contributed by atoms with van der Waals surface area (Å²) in [6, 6.07) is 6.78. The maximum absolute atomic E-state index is 13.1. The molecular weight excluding hydrogens is 239 g/mol. The average Bonchev–Trinajstić information content (AvgIpc) is 2.35. The van der Waals surface area contributed by atoms with Crippen LogP contribution in [0.15, 0.2) is 36.5 Å². The van der Waals surface area contributed by atoms with Gasteiger partial charge in [-0.05, 0) is 41.7 Å². The first kappa shape index (κ1) is 12.6. The molecule has 2 rings (SSSR count). The van der Waals surface area contributed by atoms with Crippen molar-refractivity contribution in [2.75, 3.05) is 0 Å². The summed E-state index contributed by atoms with van der Waals surface area (Å²) in [7, 11) is 0. The minimum Gasteiger partial charge on any atom is -0.228 e. The number of nitrogens with zero attached hydrogens (tertiary/aromatic N) is 1. The predicted molar refractivity (Wildman–Crippen MR) is 62.7 cm³/mol. The third-order valence-electron chi connectivity index (χ3n) is 2.84. The molecule has 0 aliphatic rings. The van der Waals surface area contributed by atoms with Crippen molar-refractivity contribution < 1.29 is 13.2 Å². The maximum atomic E-state index is 13.1. The third kappa shape index (κ3) is 2.88. The molecule has 0 aliphatic heterocycles. The lowest BCUT2D eigenvalue weighted by Gasteiger charge is -2.12. The lowest BCUT2D eigenvalue weighted by Crippen LogP contribution is -2.00. The molecule has 0 saturated heterocycles. The number of hydrogen-bond donors (Lipinski definition) is 0. The molecule has 1 unspecified atom stereocenters. The summed E-state index contributed by atoms with van der Waals surface area (Å²) in [5.41, 5.74) is 1.56. The summed E-state index contributed by atoms with van der Waals surface area (Å²) in [6.45, 7) is 1.90. The fourth-order valence-corrected chi connectivity index (χ4v) is 1.82. The summed E-state index contributed by atoms with van der Waals surface area (Å²) < 4.78 is 38.5. The van der Waals surface area contributed by atoms with E-state index in [1.54, 1.807) is 12.1 Å². The Hall–Kier alpha value is -1.84. The molecule has 1 aromatic carbocycles. The van der Waals surface area contributed by atoms with Crippen molar-refractivity contribution >= 4 is 0 Å². The van der Waals surface area contributed by atoms with E-state index in [2.05, 4.69) is 4.98 Å². The number of hydrogen-bond acceptors (Lipinski definition) is 1. The van der Waals surface area contributed by atoms with Gasteiger partial charge in [-0.3, -0.25) is 0 Å². The standard InChI is InChI=1S/C14H12F3N/c1-9(6-10-2-5-14(17)18-8-10)11-3-4-12(15)13(16)7-11/h2-5,7-9H,6H2,1H3. The van der Waals surface area contributed by atoms with E-state index in [1.807, 2.05) is 6.92 Å². The van der Waals surface area contributed by atoms with Crippen molar-refractivity contribution in [3.8, 4) is 0 Å². The number of pyridine rings is 1. The average molecular weight is 251 g/mol. The zero-order valence-corrected chi connectivity index (χ0v) is 9.83. The van der Waals surface area contributed by atoms with E-state index >= 15 is 0 Å². The molecule has 0 aliphatic carbocycles. The maximum Gasteiger partial charge on any atom is 0.212 e. The van der Waals surface area contributed by atoms with Gasteiger partial charge in [0.05, 0.1) is 0 Å². The largest absolute Gasteiger partial charge is 0.228 e. The second-order valence-corrected chi connectivity index (χ2v) is 4.27. The lowest BCUT2D eigenvalue weighted by molar-refractivity contribution is 0.505. The van der Waals surface area contributed by atoms with Crippen LogP contribution in [-0.2, 0) is 6.42 Å². The highest BCUT2D eigenvalue weighted by Crippen LogP contribution is 2.21. The van der Waals surface area contributed by atoms with Crippen LogP contribution in [0.1, 0.15) is 24.0 Å². The van der Waals surface area contributed by atoms with E-state index < -0.39 is 17.6 Å². The van der Waals surface area contributed by atoms with E-state index in [0.717, 1.165) is 11.6 Å². The lowest BCUT2D eigenvalue weighted by atomic mass is 9.94. The molecule has 0 bridgehead atoms. The summed E-state index contributed by atoms with van der Waals surface area (Å²) >= 11 is 0. The van der Waals surface area contributed by atoms with Crippen molar-refractivity contribution in [3.05, 3.63) is 65.2 Å². The summed E-state index contributed by atoms with van der Waals surface area (Å²) in [6.07, 6.45) is 2.05. The van der Waals surface area contributed by atoms with Crippen LogP contribution in [0.2, 0.25) is 0 Å². The molecule has 0 amide bonds. The molecule has 1 heterocycles. The fourth-order valence-electron chi connectivity index (χ4n) is 1.82. The van der Waals surface area contributed by atoms with Gasteiger partial charge in [0.1, 0.15) is 0 Å². The molecule has 0 fully saturated rings. The first-order valence-corrected chi connectivity index (χ1v) is 5.61. The first-order chi connectivity index (χ1) is 8.56. The van der Waals surface area contributed by atoms with Gasteiger partial charge in [-0.15, -0.1) is 0 Å². The number of halogens is 3. The van der Waals surface area contributed by atoms with Gasteiger partial charge in [0.25, 0.3) is 0 Å². The van der Waals surface area contributed by atoms with Crippen LogP contribution in [0.3, 0.4) is 0 Å². The van der Waals surface area contributed by atoms with Crippen molar-refractivity contribution in [1.29, 1.82) is 0 Å². The highest BCUT2D eigenvalue weighted by molar-refractivity contribution is 5.24. The Labute approximate surface area is 103 Å². The third-order valence-corrected chi connectivity index (χ3v) is 2.84. The predicted octanol–water partition coefficient (Wildman–Crippen LogP) is 3.85. The molecule has 1 nitrogen and oxygen atoms in total. The summed E-state index contributed by atoms with van der Waals surface area (Å²) in [5.74, 6) is -2.22. The Morgan fingerprint density at radius 1 is 1.06 bits per heavy atom. The molecule has 0 saturated carbocycles. The van der Waals surface area contributed by atoms with Gasteiger partial charge in [0.15, 0.2) is 11.6 Å². The highest BCUT2D eigenvalue weighted by Gasteiger charge is 2.10. The zero-order valence-electron chi connectivity index (χ0n) is 9.83. The van der Waals surface area contributed by atoms with Gasteiger partial charge >= 0.3 is 0 Å². The Morgan fingerprint density at radius 3 is 2.44 bits per heavy atom. The Kier molecular flexibility index (Phi) is 3.65. The quantitative estimate of drug-likeness (QED) is 0.755. The van der Waals surface area contributed by atoms with Crippen LogP contribution in [0.4, 0.5) is 13.2 Å². The SMILES string of the molecule is CC(Cc1ccc(F)nc1)c1ccc(F)c(F)c1. The van der Waals surface area contributed by atoms with E-state index in [1.165, 1.54) is 18.3 Å². The first-order valence-electron chi connectivity index (χ1n) is 5.61. The smallest absolute Gasteiger partial charge is 0.212 e. The molecule has 1 atom stereocenters. The second-order valence-electron chi connectivity index (χ2n) is 4.27. The Morgan fingerprint density at radius 2 is 1.83 bits per heavy atom. The van der Waals surface area contributed by atoms with E-state index in [9.17, 15) is 13.2 Å². The fraction of sp³-hybridized carbons (Fsp3) is 0.214. The van der Waals surface area contributed by atoms with E-state index in [4.69, 9.17) is 0 Å². The normalized spacial score (nSPS) is 12.4. The summed E-state index contributed by atoms with van der Waals surface area (Å²) in [5, 5.41) is 0. The molecule has 0 spiro atoms. The van der Waals surface area contributed by atoms with Crippen LogP contribution >= 0.6 is 0 Å². The van der Waals surface area contributed by atoms with Crippen molar-refractivity contribution in [1.82, 2.24) is 4.98 Å². The van der Waals surface area contributed by atoms with Gasteiger partial charge in [-0.1, -0.05) is 19.1 Å². The Bertz CT molecular complexity index is 537. The molecule has 0 N–H and O–H groups in total. The van der Waals surface area contributed by atoms with Crippen molar-refractivity contribution in [3.63, 3.8) is 0 Å². The number of rotatable bonds is 3. The molecule has 1 aromatic heterocycles. The van der Waals surface area contributed by atoms with Crippen LogP contribution in [0.5, 0.6) is 0 Å². The van der Waals surface area contributed by atoms with Gasteiger partial charge in [-0.25, -0.2) is 13.8 Å². The van der Waals surface area contributed by atoms with Crippen LogP contribution in [-0.4, -0.2) is 4.98 Å². The van der Waals surface area contributed by atoms with Gasteiger partial charge in [0, 0.05) is 6.20 Å². The minimum absolute atomic E-state index is 0.00682. The van der Waals surface area contributed by atoms with Gasteiger partial charge in [-0.2, -0.15) is 4.39 Å². The van der Waals surface area contributed by atoms with Crippen LogP contribution in [0, 0.1) is 17.6 Å². The van der Waals surface area contributed by atoms with E-state index in [-0.39, 0.29) is 5.92 Å². The number of aromatic nitrogens is 1.